The van der Waals surface area contributed by atoms with Crippen molar-refractivity contribution in [1.29, 1.82) is 0 Å². The molecule has 1 N–H and O–H groups in total. The van der Waals surface area contributed by atoms with Crippen molar-refractivity contribution in [3.05, 3.63) is 58.1 Å². The number of nitrogens with zero attached hydrogens (tertiary/aromatic N) is 4. The number of nitrogens with one attached hydrogen (secondary N) is 1. The number of amides is 1. The molecule has 28 heavy (non-hydrogen) atoms. The summed E-state index contributed by atoms with van der Waals surface area (Å²) >= 11 is 10.7. The van der Waals surface area contributed by atoms with Gasteiger partial charge in [-0.1, -0.05) is 17.7 Å². The zero-order valence-electron chi connectivity index (χ0n) is 14.6. The van der Waals surface area contributed by atoms with Gasteiger partial charge in [0.15, 0.2) is 5.16 Å². The highest BCUT2D eigenvalue weighted by atomic mass is 35.5. The van der Waals surface area contributed by atoms with Crippen molar-refractivity contribution in [3.63, 3.8) is 0 Å². The Balaban J connectivity index is 1.48. The highest BCUT2D eigenvalue weighted by molar-refractivity contribution is 7.99. The largest absolute Gasteiger partial charge is 0.325 e. The van der Waals surface area contributed by atoms with E-state index >= 15 is 0 Å². The number of benzene rings is 1. The van der Waals surface area contributed by atoms with Crippen LogP contribution in [0.2, 0.25) is 5.02 Å². The zero-order valence-corrected chi connectivity index (χ0v) is 17.8. The third-order valence-corrected chi connectivity index (χ3v) is 7.01. The van der Waals surface area contributed by atoms with E-state index in [4.69, 9.17) is 11.6 Å². The molecule has 0 spiro atoms. The van der Waals surface area contributed by atoms with E-state index in [0.29, 0.717) is 10.7 Å². The SMILES string of the molecule is Cn1cnnc1Sc1ccc(Cl)cc1NC(=O)Cc1csc(-c2cccs2)n1. The van der Waals surface area contributed by atoms with E-state index in [1.54, 1.807) is 41.1 Å². The van der Waals surface area contributed by atoms with E-state index in [0.717, 1.165) is 25.6 Å². The van der Waals surface area contributed by atoms with E-state index in [1.165, 1.54) is 11.8 Å². The predicted molar refractivity (Wildman–Crippen MR) is 114 cm³/mol. The summed E-state index contributed by atoms with van der Waals surface area (Å²) in [5.74, 6) is -0.148. The third kappa shape index (κ3) is 4.44. The van der Waals surface area contributed by atoms with Crippen LogP contribution in [0.15, 0.2) is 57.5 Å². The smallest absolute Gasteiger partial charge is 0.230 e. The minimum Gasteiger partial charge on any atom is -0.325 e. The molecule has 0 unspecified atom stereocenters. The molecular formula is C18H14ClN5OS3. The molecule has 0 atom stereocenters. The summed E-state index contributed by atoms with van der Waals surface area (Å²) in [6, 6.07) is 9.38. The van der Waals surface area contributed by atoms with Crippen molar-refractivity contribution in [2.24, 2.45) is 7.05 Å². The first-order chi connectivity index (χ1) is 13.6. The first-order valence-corrected chi connectivity index (χ1v) is 11.1. The number of halogens is 1. The monoisotopic (exact) mass is 447 g/mol. The third-order valence-electron chi connectivity index (χ3n) is 3.71. The highest BCUT2D eigenvalue weighted by Crippen LogP contribution is 2.34. The molecule has 0 saturated heterocycles. The second-order valence-corrected chi connectivity index (χ2v) is 9.06. The van der Waals surface area contributed by atoms with E-state index in [2.05, 4.69) is 20.5 Å². The van der Waals surface area contributed by atoms with Gasteiger partial charge in [0.1, 0.15) is 11.3 Å². The molecule has 0 bridgehead atoms. The topological polar surface area (TPSA) is 72.7 Å². The molecule has 6 nitrogen and oxygen atoms in total. The number of aromatic nitrogens is 4. The van der Waals surface area contributed by atoms with Crippen molar-refractivity contribution in [3.8, 4) is 9.88 Å². The maximum Gasteiger partial charge on any atom is 0.230 e. The van der Waals surface area contributed by atoms with Crippen LogP contribution in [0.5, 0.6) is 0 Å². The average molecular weight is 448 g/mol. The molecule has 3 heterocycles. The summed E-state index contributed by atoms with van der Waals surface area (Å²) in [5.41, 5.74) is 1.38. The van der Waals surface area contributed by atoms with Crippen molar-refractivity contribution >= 4 is 57.6 Å². The van der Waals surface area contributed by atoms with Gasteiger partial charge in [-0.25, -0.2) is 4.98 Å². The van der Waals surface area contributed by atoms with Crippen LogP contribution >= 0.6 is 46.0 Å². The predicted octanol–water partition coefficient (Wildman–Crippen LogP) is 4.99. The maximum atomic E-state index is 12.6. The molecule has 4 aromatic rings. The summed E-state index contributed by atoms with van der Waals surface area (Å²) in [7, 11) is 1.87. The fourth-order valence-electron chi connectivity index (χ4n) is 2.41. The molecule has 0 aliphatic carbocycles. The van der Waals surface area contributed by atoms with Crippen LogP contribution in [0.3, 0.4) is 0 Å². The number of thiazole rings is 1. The summed E-state index contributed by atoms with van der Waals surface area (Å²) in [6.45, 7) is 0. The number of anilines is 1. The lowest BCUT2D eigenvalue weighted by Crippen LogP contribution is -2.15. The Labute approximate surface area is 178 Å². The normalized spacial score (nSPS) is 10.9. The average Bonchev–Trinajstić information content (AvgIpc) is 3.40. The highest BCUT2D eigenvalue weighted by Gasteiger charge is 2.14. The molecule has 3 aromatic heterocycles. The number of thiophene rings is 1. The Morgan fingerprint density at radius 1 is 1.32 bits per heavy atom. The van der Waals surface area contributed by atoms with Gasteiger partial charge < -0.3 is 9.88 Å². The summed E-state index contributed by atoms with van der Waals surface area (Å²) < 4.78 is 1.81. The summed E-state index contributed by atoms with van der Waals surface area (Å²) in [4.78, 5) is 19.1. The number of aryl methyl sites for hydroxylation is 1. The standard InChI is InChI=1S/C18H14ClN5OS3/c1-24-10-20-23-18(24)28-14-5-4-11(19)7-13(14)22-16(25)8-12-9-27-17(21-12)15-3-2-6-26-15/h2-7,9-10H,8H2,1H3,(H,22,25). The van der Waals surface area contributed by atoms with Gasteiger partial charge >= 0.3 is 0 Å². The second kappa shape index (κ2) is 8.44. The first kappa shape index (κ1) is 19.1. The molecule has 0 saturated carbocycles. The van der Waals surface area contributed by atoms with Gasteiger partial charge in [-0.3, -0.25) is 4.79 Å². The quantitative estimate of drug-likeness (QED) is 0.451. The molecule has 0 aliphatic heterocycles. The number of carbonyl (C=O) groups is 1. The summed E-state index contributed by atoms with van der Waals surface area (Å²) in [5, 5.41) is 17.0. The van der Waals surface area contributed by atoms with Crippen molar-refractivity contribution in [2.45, 2.75) is 16.5 Å². The minimum absolute atomic E-state index is 0.148. The van der Waals surface area contributed by atoms with Gasteiger partial charge in [-0.15, -0.1) is 32.9 Å². The fraction of sp³-hybridized carbons (Fsp3) is 0.111. The van der Waals surface area contributed by atoms with Gasteiger partial charge in [0, 0.05) is 22.3 Å². The molecule has 0 radical (unpaired) electrons. The van der Waals surface area contributed by atoms with Gasteiger partial charge in [-0.2, -0.15) is 0 Å². The van der Waals surface area contributed by atoms with Crippen molar-refractivity contribution in [2.75, 3.05) is 5.32 Å². The van der Waals surface area contributed by atoms with E-state index in [1.807, 2.05) is 40.6 Å². The lowest BCUT2D eigenvalue weighted by atomic mass is 10.3. The van der Waals surface area contributed by atoms with Gasteiger partial charge in [0.05, 0.1) is 22.7 Å². The first-order valence-electron chi connectivity index (χ1n) is 8.18. The van der Waals surface area contributed by atoms with Gasteiger partial charge in [-0.05, 0) is 41.4 Å². The minimum atomic E-state index is -0.148. The number of carbonyl (C=O) groups excluding carboxylic acids is 1. The molecule has 1 amide bonds. The van der Waals surface area contributed by atoms with Crippen LogP contribution < -0.4 is 5.32 Å². The lowest BCUT2D eigenvalue weighted by Gasteiger charge is -2.10. The maximum absolute atomic E-state index is 12.6. The Morgan fingerprint density at radius 3 is 2.96 bits per heavy atom. The van der Waals surface area contributed by atoms with Crippen LogP contribution in [0.25, 0.3) is 9.88 Å². The van der Waals surface area contributed by atoms with Crippen LogP contribution in [0.4, 0.5) is 5.69 Å². The number of hydrogen-bond donors (Lipinski definition) is 1. The van der Waals surface area contributed by atoms with Gasteiger partial charge in [0.25, 0.3) is 0 Å². The Kier molecular flexibility index (Phi) is 5.77. The molecule has 142 valence electrons. The second-order valence-electron chi connectivity index (χ2n) is 5.81. The Morgan fingerprint density at radius 2 is 2.21 bits per heavy atom. The molecule has 0 fully saturated rings. The van der Waals surface area contributed by atoms with E-state index in [-0.39, 0.29) is 12.3 Å². The number of rotatable bonds is 6. The Bertz CT molecular complexity index is 1110. The molecule has 10 heteroatoms. The lowest BCUT2D eigenvalue weighted by molar-refractivity contribution is -0.115. The van der Waals surface area contributed by atoms with E-state index < -0.39 is 0 Å². The van der Waals surface area contributed by atoms with Crippen LogP contribution in [-0.2, 0) is 18.3 Å². The number of hydrogen-bond acceptors (Lipinski definition) is 7. The molecule has 1 aromatic carbocycles. The summed E-state index contributed by atoms with van der Waals surface area (Å²) in [6.07, 6.45) is 1.83. The molecular weight excluding hydrogens is 434 g/mol. The fourth-order valence-corrected chi connectivity index (χ4v) is 5.05. The van der Waals surface area contributed by atoms with Gasteiger partial charge in [0.2, 0.25) is 5.91 Å². The van der Waals surface area contributed by atoms with Crippen LogP contribution in [0, 0.1) is 0 Å². The van der Waals surface area contributed by atoms with Crippen LogP contribution in [0.1, 0.15) is 5.69 Å². The van der Waals surface area contributed by atoms with Crippen LogP contribution in [-0.4, -0.2) is 25.7 Å². The van der Waals surface area contributed by atoms with Crippen molar-refractivity contribution < 1.29 is 4.79 Å². The Hall–Kier alpha value is -2.20. The molecule has 4 rings (SSSR count). The zero-order chi connectivity index (χ0) is 19.5. The van der Waals surface area contributed by atoms with E-state index in [9.17, 15) is 4.79 Å². The van der Waals surface area contributed by atoms with Crippen molar-refractivity contribution in [1.82, 2.24) is 19.7 Å². The molecule has 0 aliphatic rings.